The van der Waals surface area contributed by atoms with E-state index in [0.717, 1.165) is 33.4 Å². The van der Waals surface area contributed by atoms with Gasteiger partial charge >= 0.3 is 0 Å². The fraction of sp³-hybridized carbons (Fsp3) is 0.269. The SMILES string of the molecule is CN(c1cc2ncc(=O)[nH]c2cc1NC(=S)Nc1cccc2ccccc12)C1CCCCC1. The molecule has 0 saturated heterocycles. The van der Waals surface area contributed by atoms with Crippen LogP contribution in [0.25, 0.3) is 21.8 Å². The Kier molecular flexibility index (Phi) is 5.96. The van der Waals surface area contributed by atoms with E-state index in [4.69, 9.17) is 12.2 Å². The van der Waals surface area contributed by atoms with Gasteiger partial charge in [0.1, 0.15) is 0 Å². The van der Waals surface area contributed by atoms with Crippen molar-refractivity contribution in [2.75, 3.05) is 22.6 Å². The lowest BCUT2D eigenvalue weighted by Gasteiger charge is -2.34. The summed E-state index contributed by atoms with van der Waals surface area (Å²) in [7, 11) is 2.13. The summed E-state index contributed by atoms with van der Waals surface area (Å²) in [6.45, 7) is 0. The maximum absolute atomic E-state index is 11.9. The predicted molar refractivity (Wildman–Crippen MR) is 141 cm³/mol. The van der Waals surface area contributed by atoms with E-state index in [0.29, 0.717) is 16.7 Å². The maximum Gasteiger partial charge on any atom is 0.266 e. The molecule has 6 nitrogen and oxygen atoms in total. The van der Waals surface area contributed by atoms with Gasteiger partial charge in [0.15, 0.2) is 5.11 Å². The van der Waals surface area contributed by atoms with Gasteiger partial charge in [-0.25, -0.2) is 4.98 Å². The molecule has 0 amide bonds. The van der Waals surface area contributed by atoms with Gasteiger partial charge in [-0.1, -0.05) is 55.7 Å². The molecule has 4 aromatic rings. The van der Waals surface area contributed by atoms with E-state index in [1.807, 2.05) is 36.4 Å². The minimum Gasteiger partial charge on any atom is -0.370 e. The van der Waals surface area contributed by atoms with Gasteiger partial charge in [-0.3, -0.25) is 4.79 Å². The van der Waals surface area contributed by atoms with Crippen molar-refractivity contribution in [1.29, 1.82) is 0 Å². The lowest BCUT2D eigenvalue weighted by molar-refractivity contribution is 0.428. The molecule has 1 saturated carbocycles. The third-order valence-electron chi connectivity index (χ3n) is 6.48. The number of hydrogen-bond acceptors (Lipinski definition) is 4. The molecule has 3 aromatic carbocycles. The van der Waals surface area contributed by atoms with Crippen LogP contribution < -0.4 is 21.1 Å². The smallest absolute Gasteiger partial charge is 0.266 e. The first-order valence-corrected chi connectivity index (χ1v) is 11.8. The first kappa shape index (κ1) is 21.4. The molecule has 0 unspecified atom stereocenters. The minimum absolute atomic E-state index is 0.224. The monoisotopic (exact) mass is 457 g/mol. The fourth-order valence-corrected chi connectivity index (χ4v) is 4.96. The number of benzene rings is 3. The molecule has 1 aromatic heterocycles. The average molecular weight is 458 g/mol. The molecule has 33 heavy (non-hydrogen) atoms. The molecule has 1 fully saturated rings. The van der Waals surface area contributed by atoms with Gasteiger partial charge < -0.3 is 20.5 Å². The molecule has 5 rings (SSSR count). The van der Waals surface area contributed by atoms with Gasteiger partial charge in [0.25, 0.3) is 5.56 Å². The lowest BCUT2D eigenvalue weighted by Crippen LogP contribution is -2.34. The van der Waals surface area contributed by atoms with E-state index in [2.05, 4.69) is 50.7 Å². The standard InChI is InChI=1S/C26H27N5OS/c1-31(18-10-3-2-4-11-18)24-15-21-22(28-25(32)16-27-21)14-23(24)30-26(33)29-20-13-7-9-17-8-5-6-12-19(17)20/h5-9,12-16,18H,2-4,10-11H2,1H3,(H,28,32)(H2,29,30,33). The van der Waals surface area contributed by atoms with Gasteiger partial charge in [-0.2, -0.15) is 0 Å². The quantitative estimate of drug-likeness (QED) is 0.344. The second kappa shape index (κ2) is 9.19. The van der Waals surface area contributed by atoms with Crippen LogP contribution in [0.3, 0.4) is 0 Å². The molecule has 0 aliphatic heterocycles. The fourth-order valence-electron chi connectivity index (χ4n) is 4.74. The molecule has 1 aliphatic carbocycles. The molecular weight excluding hydrogens is 430 g/mol. The Labute approximate surface area is 198 Å². The van der Waals surface area contributed by atoms with E-state index in [1.54, 1.807) is 0 Å². The van der Waals surface area contributed by atoms with Gasteiger partial charge in [0.2, 0.25) is 0 Å². The summed E-state index contributed by atoms with van der Waals surface area (Å²) < 4.78 is 0. The Balaban J connectivity index is 1.48. The third kappa shape index (κ3) is 4.54. The second-order valence-electron chi connectivity index (χ2n) is 8.64. The zero-order valence-electron chi connectivity index (χ0n) is 18.6. The van der Waals surface area contributed by atoms with Gasteiger partial charge in [0, 0.05) is 24.2 Å². The van der Waals surface area contributed by atoms with Crippen LogP contribution in [0.5, 0.6) is 0 Å². The van der Waals surface area contributed by atoms with Crippen LogP contribution in [-0.4, -0.2) is 28.2 Å². The zero-order chi connectivity index (χ0) is 22.8. The number of hydrogen-bond donors (Lipinski definition) is 3. The van der Waals surface area contributed by atoms with Crippen LogP contribution in [0.15, 0.2) is 65.6 Å². The molecule has 0 bridgehead atoms. The highest BCUT2D eigenvalue weighted by Gasteiger charge is 2.21. The summed E-state index contributed by atoms with van der Waals surface area (Å²) in [5.41, 5.74) is 4.03. The number of aromatic amines is 1. The number of nitrogens with zero attached hydrogens (tertiary/aromatic N) is 2. The van der Waals surface area contributed by atoms with Gasteiger partial charge in [0.05, 0.1) is 28.6 Å². The molecule has 168 valence electrons. The molecule has 0 spiro atoms. The zero-order valence-corrected chi connectivity index (χ0v) is 19.4. The summed E-state index contributed by atoms with van der Waals surface area (Å²) in [5, 5.41) is 9.49. The molecule has 1 heterocycles. The Bertz CT molecular complexity index is 1370. The van der Waals surface area contributed by atoms with Crippen molar-refractivity contribution in [3.05, 3.63) is 71.1 Å². The highest BCUT2D eigenvalue weighted by Crippen LogP contribution is 2.34. The molecule has 1 aliphatic rings. The van der Waals surface area contributed by atoms with Crippen molar-refractivity contribution in [2.45, 2.75) is 38.1 Å². The first-order chi connectivity index (χ1) is 16.1. The van der Waals surface area contributed by atoms with E-state index in [1.165, 1.54) is 38.3 Å². The topological polar surface area (TPSA) is 73.0 Å². The first-order valence-electron chi connectivity index (χ1n) is 11.4. The van der Waals surface area contributed by atoms with Crippen LogP contribution in [0.1, 0.15) is 32.1 Å². The Morgan fingerprint density at radius 3 is 2.64 bits per heavy atom. The largest absolute Gasteiger partial charge is 0.370 e. The molecule has 3 N–H and O–H groups in total. The Hall–Kier alpha value is -3.45. The highest BCUT2D eigenvalue weighted by molar-refractivity contribution is 7.80. The number of thiocarbonyl (C=S) groups is 1. The molecule has 0 radical (unpaired) electrons. The van der Waals surface area contributed by atoms with Crippen LogP contribution in [-0.2, 0) is 0 Å². The van der Waals surface area contributed by atoms with E-state index in [9.17, 15) is 4.79 Å². The van der Waals surface area contributed by atoms with Crippen molar-refractivity contribution >= 4 is 56.2 Å². The number of aromatic nitrogens is 2. The maximum atomic E-state index is 11.9. The van der Waals surface area contributed by atoms with Crippen molar-refractivity contribution in [1.82, 2.24) is 9.97 Å². The van der Waals surface area contributed by atoms with Crippen molar-refractivity contribution in [3.63, 3.8) is 0 Å². The van der Waals surface area contributed by atoms with E-state index in [-0.39, 0.29) is 5.56 Å². The van der Waals surface area contributed by atoms with Crippen molar-refractivity contribution in [2.24, 2.45) is 0 Å². The number of nitrogens with one attached hydrogen (secondary N) is 3. The normalized spacial score (nSPS) is 14.3. The third-order valence-corrected chi connectivity index (χ3v) is 6.69. The highest BCUT2D eigenvalue weighted by atomic mass is 32.1. The molecule has 0 atom stereocenters. The number of anilines is 3. The summed E-state index contributed by atoms with van der Waals surface area (Å²) in [5.74, 6) is 0. The van der Waals surface area contributed by atoms with Crippen LogP contribution in [0, 0.1) is 0 Å². The lowest BCUT2D eigenvalue weighted by atomic mass is 9.94. The van der Waals surface area contributed by atoms with Crippen LogP contribution in [0.2, 0.25) is 0 Å². The van der Waals surface area contributed by atoms with E-state index >= 15 is 0 Å². The van der Waals surface area contributed by atoms with Crippen molar-refractivity contribution in [3.8, 4) is 0 Å². The summed E-state index contributed by atoms with van der Waals surface area (Å²) >= 11 is 5.70. The second-order valence-corrected chi connectivity index (χ2v) is 9.05. The van der Waals surface area contributed by atoms with Crippen LogP contribution in [0.4, 0.5) is 17.1 Å². The predicted octanol–water partition coefficient (Wildman–Crippen LogP) is 5.65. The minimum atomic E-state index is -0.224. The average Bonchev–Trinajstić information content (AvgIpc) is 2.84. The van der Waals surface area contributed by atoms with Crippen LogP contribution >= 0.6 is 12.2 Å². The Morgan fingerprint density at radius 1 is 1.03 bits per heavy atom. The number of H-pyrrole nitrogens is 1. The summed E-state index contributed by atoms with van der Waals surface area (Å²) in [6.07, 6.45) is 7.47. The Morgan fingerprint density at radius 2 is 1.79 bits per heavy atom. The summed E-state index contributed by atoms with van der Waals surface area (Å²) in [6, 6.07) is 18.8. The van der Waals surface area contributed by atoms with Crippen molar-refractivity contribution < 1.29 is 0 Å². The number of fused-ring (bicyclic) bond motifs is 2. The molecular formula is C26H27N5OS. The summed E-state index contributed by atoms with van der Waals surface area (Å²) in [4.78, 5) is 21.4. The van der Waals surface area contributed by atoms with Gasteiger partial charge in [-0.05, 0) is 48.6 Å². The number of rotatable bonds is 4. The van der Waals surface area contributed by atoms with Gasteiger partial charge in [-0.15, -0.1) is 0 Å². The van der Waals surface area contributed by atoms with E-state index < -0.39 is 0 Å². The molecule has 7 heteroatoms.